The van der Waals surface area contributed by atoms with E-state index in [9.17, 15) is 27.0 Å². The first-order valence-electron chi connectivity index (χ1n) is 16.5. The molecule has 274 valence electrons. The van der Waals surface area contributed by atoms with E-state index in [-0.39, 0.29) is 59.1 Å². The highest BCUT2D eigenvalue weighted by Gasteiger charge is 2.35. The van der Waals surface area contributed by atoms with E-state index >= 15 is 0 Å². The highest BCUT2D eigenvalue weighted by Crippen LogP contribution is 2.41. The minimum absolute atomic E-state index is 0.0799. The largest absolute Gasteiger partial charge is 0.507 e. The predicted octanol–water partition coefficient (Wildman–Crippen LogP) is 3.66. The zero-order chi connectivity index (χ0) is 37.5. The van der Waals surface area contributed by atoms with Crippen molar-refractivity contribution in [3.63, 3.8) is 0 Å². The maximum absolute atomic E-state index is 13.7. The summed E-state index contributed by atoms with van der Waals surface area (Å²) in [6, 6.07) is 9.40. The first kappa shape index (κ1) is 37.7. The van der Waals surface area contributed by atoms with Crippen molar-refractivity contribution >= 4 is 38.0 Å². The van der Waals surface area contributed by atoms with Gasteiger partial charge in [0.25, 0.3) is 0 Å². The van der Waals surface area contributed by atoms with Crippen molar-refractivity contribution < 1.29 is 27.0 Å². The number of aryl methyl sites for hydroxylation is 2. The Labute approximate surface area is 301 Å². The number of phenolic OH excluding ortho intramolecular Hbond substituents is 2. The fraction of sp³-hybridized carbons (Fsp3) is 0.333. The van der Waals surface area contributed by atoms with Crippen LogP contribution in [0.5, 0.6) is 11.5 Å². The Morgan fingerprint density at radius 2 is 1.29 bits per heavy atom. The van der Waals surface area contributed by atoms with E-state index in [0.717, 1.165) is 0 Å². The van der Waals surface area contributed by atoms with Gasteiger partial charge in [-0.2, -0.15) is 13.9 Å². The first-order valence-corrected chi connectivity index (χ1v) is 19.7. The molecule has 0 fully saturated rings. The summed E-state index contributed by atoms with van der Waals surface area (Å²) in [5, 5.41) is 53.7. The van der Waals surface area contributed by atoms with Gasteiger partial charge in [-0.15, -0.1) is 19.8 Å². The molecule has 0 spiro atoms. The van der Waals surface area contributed by atoms with E-state index in [2.05, 4.69) is 41.3 Å². The Balaban J connectivity index is 1.75. The molecule has 0 unspecified atom stereocenters. The summed E-state index contributed by atoms with van der Waals surface area (Å²) in [7, 11) is -8.63. The highest BCUT2D eigenvalue weighted by molar-refractivity contribution is 8.04. The third kappa shape index (κ3) is 8.65. The summed E-state index contributed by atoms with van der Waals surface area (Å²) in [4.78, 5) is 2.45. The molecule has 5 rings (SSSR count). The van der Waals surface area contributed by atoms with Gasteiger partial charge in [0.05, 0.1) is 29.6 Å². The second-order valence-electron chi connectivity index (χ2n) is 11.9. The third-order valence-corrected chi connectivity index (χ3v) is 12.3. The number of aromatic hydroxyl groups is 2. The van der Waals surface area contributed by atoms with E-state index in [4.69, 9.17) is 0 Å². The SMILES string of the molecule is CCCCS(=O)(=O)N(C1=CC(=C(c2cc(C=Nn3nnnc3C)ccc2O)c2cc(C=Nn3nnnc3C)ccc2O)CC=C1)S(=O)(=O)CCCC. The van der Waals surface area contributed by atoms with Crippen LogP contribution in [0, 0.1) is 13.8 Å². The van der Waals surface area contributed by atoms with Crippen LogP contribution in [0.3, 0.4) is 0 Å². The van der Waals surface area contributed by atoms with Gasteiger partial charge in [-0.05, 0) is 125 Å². The van der Waals surface area contributed by atoms with Crippen LogP contribution < -0.4 is 0 Å². The lowest BCUT2D eigenvalue weighted by Gasteiger charge is -2.27. The number of rotatable bonds is 15. The summed E-state index contributed by atoms with van der Waals surface area (Å²) < 4.78 is 55.4. The van der Waals surface area contributed by atoms with Crippen molar-refractivity contribution in [2.45, 2.75) is 59.8 Å². The molecule has 1 aliphatic carbocycles. The molecule has 0 radical (unpaired) electrons. The van der Waals surface area contributed by atoms with Crippen molar-refractivity contribution in [3.8, 4) is 11.5 Å². The van der Waals surface area contributed by atoms with Gasteiger partial charge in [0.1, 0.15) is 11.5 Å². The fourth-order valence-corrected chi connectivity index (χ4v) is 9.60. The van der Waals surface area contributed by atoms with Crippen molar-refractivity contribution in [1.82, 2.24) is 44.3 Å². The summed E-state index contributed by atoms with van der Waals surface area (Å²) in [6.07, 6.45) is 9.37. The van der Waals surface area contributed by atoms with Crippen molar-refractivity contribution in [1.29, 1.82) is 0 Å². The van der Waals surface area contributed by atoms with E-state index in [0.29, 0.717) is 50.5 Å². The molecule has 0 aliphatic heterocycles. The van der Waals surface area contributed by atoms with Crippen molar-refractivity contribution in [3.05, 3.63) is 99.8 Å². The van der Waals surface area contributed by atoms with E-state index in [1.807, 2.05) is 13.8 Å². The van der Waals surface area contributed by atoms with E-state index < -0.39 is 20.0 Å². The Bertz CT molecular complexity index is 2170. The zero-order valence-electron chi connectivity index (χ0n) is 29.1. The van der Waals surface area contributed by atoms with Gasteiger partial charge in [-0.3, -0.25) is 0 Å². The van der Waals surface area contributed by atoms with E-state index in [1.54, 1.807) is 44.2 Å². The number of phenols is 2. The number of benzene rings is 2. The zero-order valence-corrected chi connectivity index (χ0v) is 30.7. The maximum Gasteiger partial charge on any atom is 0.248 e. The third-order valence-electron chi connectivity index (χ3n) is 7.92. The van der Waals surface area contributed by atoms with Crippen LogP contribution in [-0.4, -0.2) is 95.3 Å². The Hall–Kier alpha value is -5.56. The van der Waals surface area contributed by atoms with Crippen LogP contribution in [0.15, 0.2) is 76.1 Å². The molecular weight excluding hydrogens is 711 g/mol. The van der Waals surface area contributed by atoms with Gasteiger partial charge in [0.2, 0.25) is 20.0 Å². The van der Waals surface area contributed by atoms with Gasteiger partial charge in [0.15, 0.2) is 11.6 Å². The van der Waals surface area contributed by atoms with Crippen LogP contribution in [0.4, 0.5) is 0 Å². The molecule has 17 nitrogen and oxygen atoms in total. The molecule has 0 saturated heterocycles. The number of hydrogen-bond donors (Lipinski definition) is 2. The van der Waals surface area contributed by atoms with Crippen molar-refractivity contribution in [2.75, 3.05) is 11.5 Å². The van der Waals surface area contributed by atoms with Crippen LogP contribution in [0.25, 0.3) is 5.57 Å². The average Bonchev–Trinajstić information content (AvgIpc) is 3.73. The summed E-state index contributed by atoms with van der Waals surface area (Å²) in [5.74, 6) is -0.188. The smallest absolute Gasteiger partial charge is 0.248 e. The number of hydrogen-bond acceptors (Lipinski definition) is 14. The van der Waals surface area contributed by atoms with E-state index in [1.165, 1.54) is 46.3 Å². The number of sulfonamides is 2. The van der Waals surface area contributed by atoms with Gasteiger partial charge >= 0.3 is 0 Å². The maximum atomic E-state index is 13.7. The van der Waals surface area contributed by atoms with Crippen LogP contribution in [0.2, 0.25) is 0 Å². The minimum Gasteiger partial charge on any atom is -0.507 e. The quantitative estimate of drug-likeness (QED) is 0.166. The lowest BCUT2D eigenvalue weighted by Crippen LogP contribution is -2.39. The first-order chi connectivity index (χ1) is 24.8. The normalized spacial score (nSPS) is 13.7. The molecule has 0 atom stereocenters. The molecule has 2 aromatic heterocycles. The number of nitrogens with zero attached hydrogens (tertiary/aromatic N) is 11. The summed E-state index contributed by atoms with van der Waals surface area (Å²) in [5.41, 5.74) is 2.17. The predicted molar refractivity (Wildman–Crippen MR) is 194 cm³/mol. The number of tetrazole rings is 2. The van der Waals surface area contributed by atoms with Crippen LogP contribution >= 0.6 is 0 Å². The second-order valence-corrected chi connectivity index (χ2v) is 16.0. The standard InChI is InChI=1S/C33H39N11O6S2/c1-5-7-16-51(47,48)44(52(49,50)17-8-6-2)28-11-9-10-27(20-28)33(29-18-25(12-14-31(29)45)21-34-42-23(3)36-38-40-42)30-19-26(13-15-32(30)46)22-35-43-24(4)37-39-41-43/h9,11-15,18-22,45-46H,5-8,10,16-17H2,1-4H3. The molecule has 1 aliphatic rings. The lowest BCUT2D eigenvalue weighted by atomic mass is 9.87. The topological polar surface area (TPSA) is 224 Å². The Kier molecular flexibility index (Phi) is 11.7. The number of allylic oxidation sites excluding steroid dienone is 4. The molecule has 0 amide bonds. The minimum atomic E-state index is -4.31. The molecule has 0 bridgehead atoms. The molecule has 2 aromatic carbocycles. The summed E-state index contributed by atoms with van der Waals surface area (Å²) >= 11 is 0. The second kappa shape index (κ2) is 16.2. The molecular formula is C33H39N11O6S2. The highest BCUT2D eigenvalue weighted by atomic mass is 32.3. The monoisotopic (exact) mass is 749 g/mol. The molecule has 0 saturated carbocycles. The average molecular weight is 750 g/mol. The van der Waals surface area contributed by atoms with Crippen LogP contribution in [-0.2, 0) is 20.0 Å². The van der Waals surface area contributed by atoms with Gasteiger partial charge in [0, 0.05) is 11.1 Å². The molecule has 2 heterocycles. The number of aromatic nitrogens is 8. The molecule has 19 heteroatoms. The molecule has 2 N–H and O–H groups in total. The lowest BCUT2D eigenvalue weighted by molar-refractivity contribution is 0.471. The fourth-order valence-electron chi connectivity index (χ4n) is 5.26. The molecule has 52 heavy (non-hydrogen) atoms. The van der Waals surface area contributed by atoms with Crippen molar-refractivity contribution in [2.24, 2.45) is 10.2 Å². The van der Waals surface area contributed by atoms with Crippen LogP contribution in [0.1, 0.15) is 79.9 Å². The number of unbranched alkanes of at least 4 members (excludes halogenated alkanes) is 2. The van der Waals surface area contributed by atoms with Gasteiger partial charge < -0.3 is 10.2 Å². The summed E-state index contributed by atoms with van der Waals surface area (Å²) in [6.45, 7) is 7.00. The Morgan fingerprint density at radius 1 is 0.808 bits per heavy atom. The van der Waals surface area contributed by atoms with Gasteiger partial charge in [-0.25, -0.2) is 16.8 Å². The molecule has 4 aromatic rings. The van der Waals surface area contributed by atoms with Gasteiger partial charge in [-0.1, -0.05) is 32.8 Å². The Morgan fingerprint density at radius 3 is 1.71 bits per heavy atom.